The lowest BCUT2D eigenvalue weighted by molar-refractivity contribution is 0.0698. The standard InChI is InChI=1S/C21H25FN2O/c1-14-4-5-16(12-15(14)2)17-6-7-19(20(22)13-17)21(25)24(3)18-8-10-23-11-9-18/h4-7,12-13,18,23H,8-11H2,1-3H3. The smallest absolute Gasteiger partial charge is 0.256 e. The highest BCUT2D eigenvalue weighted by atomic mass is 19.1. The number of aryl methyl sites for hydroxylation is 2. The van der Waals surface area contributed by atoms with Crippen molar-refractivity contribution in [3.05, 3.63) is 58.9 Å². The highest BCUT2D eigenvalue weighted by Gasteiger charge is 2.24. The Kier molecular flexibility index (Phi) is 5.19. The van der Waals surface area contributed by atoms with Gasteiger partial charge >= 0.3 is 0 Å². The number of carbonyl (C=O) groups is 1. The Labute approximate surface area is 148 Å². The maximum atomic E-state index is 14.6. The zero-order chi connectivity index (χ0) is 18.0. The summed E-state index contributed by atoms with van der Waals surface area (Å²) in [6, 6.07) is 11.1. The first-order valence-corrected chi connectivity index (χ1v) is 8.82. The second-order valence-corrected chi connectivity index (χ2v) is 6.89. The first-order valence-electron chi connectivity index (χ1n) is 8.82. The molecule has 1 heterocycles. The number of carbonyl (C=O) groups excluding carboxylic acids is 1. The molecular weight excluding hydrogens is 315 g/mol. The van der Waals surface area contributed by atoms with Crippen molar-refractivity contribution in [2.75, 3.05) is 20.1 Å². The Morgan fingerprint density at radius 1 is 1.04 bits per heavy atom. The molecule has 1 fully saturated rings. The van der Waals surface area contributed by atoms with Gasteiger partial charge in [-0.05, 0) is 74.2 Å². The molecule has 3 nitrogen and oxygen atoms in total. The van der Waals surface area contributed by atoms with Crippen LogP contribution in [-0.4, -0.2) is 37.0 Å². The predicted octanol–water partition coefficient (Wildman–Crippen LogP) is 3.93. The largest absolute Gasteiger partial charge is 0.339 e. The highest BCUT2D eigenvalue weighted by molar-refractivity contribution is 5.95. The fraction of sp³-hybridized carbons (Fsp3) is 0.381. The quantitative estimate of drug-likeness (QED) is 0.918. The normalized spacial score (nSPS) is 15.2. The van der Waals surface area contributed by atoms with Gasteiger partial charge in [0.2, 0.25) is 0 Å². The molecular formula is C21H25FN2O. The Hall–Kier alpha value is -2.20. The molecule has 1 aliphatic heterocycles. The van der Waals surface area contributed by atoms with Crippen molar-refractivity contribution in [2.24, 2.45) is 0 Å². The van der Waals surface area contributed by atoms with Gasteiger partial charge in [-0.1, -0.05) is 24.3 Å². The van der Waals surface area contributed by atoms with E-state index in [1.54, 1.807) is 18.0 Å². The molecule has 0 radical (unpaired) electrons. The molecule has 1 N–H and O–H groups in total. The number of piperidine rings is 1. The van der Waals surface area contributed by atoms with Crippen molar-refractivity contribution in [3.8, 4) is 11.1 Å². The van der Waals surface area contributed by atoms with Crippen molar-refractivity contribution in [1.82, 2.24) is 10.2 Å². The molecule has 2 aromatic rings. The van der Waals surface area contributed by atoms with Crippen molar-refractivity contribution in [1.29, 1.82) is 0 Å². The van der Waals surface area contributed by atoms with Gasteiger partial charge in [-0.15, -0.1) is 0 Å². The fourth-order valence-corrected chi connectivity index (χ4v) is 3.34. The summed E-state index contributed by atoms with van der Waals surface area (Å²) < 4.78 is 14.6. The van der Waals surface area contributed by atoms with Gasteiger partial charge in [0.15, 0.2) is 0 Å². The fourth-order valence-electron chi connectivity index (χ4n) is 3.34. The topological polar surface area (TPSA) is 32.3 Å². The number of nitrogens with one attached hydrogen (secondary N) is 1. The lowest BCUT2D eigenvalue weighted by Crippen LogP contribution is -2.44. The van der Waals surface area contributed by atoms with E-state index in [2.05, 4.69) is 12.2 Å². The van der Waals surface area contributed by atoms with E-state index in [0.717, 1.165) is 37.1 Å². The van der Waals surface area contributed by atoms with Crippen molar-refractivity contribution >= 4 is 5.91 Å². The third kappa shape index (κ3) is 3.74. The van der Waals surface area contributed by atoms with Crippen molar-refractivity contribution in [3.63, 3.8) is 0 Å². The van der Waals surface area contributed by atoms with Crippen molar-refractivity contribution in [2.45, 2.75) is 32.7 Å². The molecule has 0 unspecified atom stereocenters. The van der Waals surface area contributed by atoms with E-state index in [0.29, 0.717) is 0 Å². The average Bonchev–Trinajstić information content (AvgIpc) is 2.63. The van der Waals surface area contributed by atoms with Gasteiger partial charge < -0.3 is 10.2 Å². The zero-order valence-electron chi connectivity index (χ0n) is 15.1. The Bertz CT molecular complexity index is 781. The molecule has 4 heteroatoms. The second-order valence-electron chi connectivity index (χ2n) is 6.89. The number of benzene rings is 2. The van der Waals surface area contributed by atoms with E-state index in [-0.39, 0.29) is 17.5 Å². The van der Waals surface area contributed by atoms with Gasteiger partial charge in [0.25, 0.3) is 5.91 Å². The number of hydrogen-bond acceptors (Lipinski definition) is 2. The molecule has 132 valence electrons. The lowest BCUT2D eigenvalue weighted by atomic mass is 9.98. The number of nitrogens with zero attached hydrogens (tertiary/aromatic N) is 1. The Morgan fingerprint density at radius 2 is 1.68 bits per heavy atom. The van der Waals surface area contributed by atoms with Crippen LogP contribution in [0.2, 0.25) is 0 Å². The first-order chi connectivity index (χ1) is 12.0. The molecule has 1 amide bonds. The van der Waals surface area contributed by atoms with Gasteiger partial charge in [0.1, 0.15) is 5.82 Å². The molecule has 25 heavy (non-hydrogen) atoms. The van der Waals surface area contributed by atoms with E-state index in [1.807, 2.05) is 31.2 Å². The molecule has 0 aromatic heterocycles. The van der Waals surface area contributed by atoms with Gasteiger partial charge in [-0.3, -0.25) is 4.79 Å². The zero-order valence-corrected chi connectivity index (χ0v) is 15.1. The molecule has 0 spiro atoms. The molecule has 0 bridgehead atoms. The summed E-state index contributed by atoms with van der Waals surface area (Å²) in [5, 5.41) is 3.28. The van der Waals surface area contributed by atoms with Gasteiger partial charge in [0.05, 0.1) is 5.56 Å². The molecule has 0 aliphatic carbocycles. The van der Waals surface area contributed by atoms with Gasteiger partial charge in [-0.2, -0.15) is 0 Å². The lowest BCUT2D eigenvalue weighted by Gasteiger charge is -2.31. The minimum atomic E-state index is -0.457. The van der Waals surface area contributed by atoms with Crippen LogP contribution in [-0.2, 0) is 0 Å². The minimum Gasteiger partial charge on any atom is -0.339 e. The molecule has 0 saturated carbocycles. The molecule has 0 atom stereocenters. The van der Waals surface area contributed by atoms with E-state index in [4.69, 9.17) is 0 Å². The first kappa shape index (κ1) is 17.6. The van der Waals surface area contributed by atoms with E-state index >= 15 is 0 Å². The summed E-state index contributed by atoms with van der Waals surface area (Å²) in [6.45, 7) is 5.89. The van der Waals surface area contributed by atoms with Crippen LogP contribution in [0, 0.1) is 19.7 Å². The molecule has 1 aliphatic rings. The third-order valence-corrected chi connectivity index (χ3v) is 5.22. The summed E-state index contributed by atoms with van der Waals surface area (Å²) in [7, 11) is 1.77. The summed E-state index contributed by atoms with van der Waals surface area (Å²) in [4.78, 5) is 14.4. The van der Waals surface area contributed by atoms with Crippen LogP contribution in [0.15, 0.2) is 36.4 Å². The number of halogens is 1. The van der Waals surface area contributed by atoms with Gasteiger partial charge in [0, 0.05) is 13.1 Å². The second kappa shape index (κ2) is 7.36. The van der Waals surface area contributed by atoms with E-state index in [9.17, 15) is 9.18 Å². The molecule has 2 aromatic carbocycles. The third-order valence-electron chi connectivity index (χ3n) is 5.22. The predicted molar refractivity (Wildman–Crippen MR) is 99.3 cm³/mol. The van der Waals surface area contributed by atoms with Crippen LogP contribution < -0.4 is 5.32 Å². The van der Waals surface area contributed by atoms with E-state index in [1.165, 1.54) is 17.2 Å². The van der Waals surface area contributed by atoms with Gasteiger partial charge in [-0.25, -0.2) is 4.39 Å². The molecule has 3 rings (SSSR count). The van der Waals surface area contributed by atoms with Crippen LogP contribution in [0.25, 0.3) is 11.1 Å². The van der Waals surface area contributed by atoms with Crippen LogP contribution >= 0.6 is 0 Å². The SMILES string of the molecule is Cc1ccc(-c2ccc(C(=O)N(C)C3CCNCC3)c(F)c2)cc1C. The monoisotopic (exact) mass is 340 g/mol. The van der Waals surface area contributed by atoms with Crippen LogP contribution in [0.5, 0.6) is 0 Å². The van der Waals surface area contributed by atoms with Crippen LogP contribution in [0.4, 0.5) is 4.39 Å². The van der Waals surface area contributed by atoms with E-state index < -0.39 is 5.82 Å². The summed E-state index contributed by atoms with van der Waals surface area (Å²) in [5.74, 6) is -0.697. The maximum absolute atomic E-state index is 14.6. The average molecular weight is 340 g/mol. The highest BCUT2D eigenvalue weighted by Crippen LogP contribution is 2.25. The van der Waals surface area contributed by atoms with Crippen LogP contribution in [0.1, 0.15) is 34.3 Å². The summed E-state index contributed by atoms with van der Waals surface area (Å²) in [6.07, 6.45) is 1.81. The number of rotatable bonds is 3. The van der Waals surface area contributed by atoms with Crippen LogP contribution in [0.3, 0.4) is 0 Å². The van der Waals surface area contributed by atoms with Crippen molar-refractivity contribution < 1.29 is 9.18 Å². The Morgan fingerprint density at radius 3 is 2.32 bits per heavy atom. The summed E-state index contributed by atoms with van der Waals surface area (Å²) in [5.41, 5.74) is 4.28. The summed E-state index contributed by atoms with van der Waals surface area (Å²) >= 11 is 0. The number of hydrogen-bond donors (Lipinski definition) is 1. The minimum absolute atomic E-state index is 0.147. The maximum Gasteiger partial charge on any atom is 0.256 e. The Balaban J connectivity index is 1.83. The molecule has 1 saturated heterocycles. The number of amides is 1.